The van der Waals surface area contributed by atoms with Gasteiger partial charge in [-0.2, -0.15) is 0 Å². The number of halogens is 1. The van der Waals surface area contributed by atoms with E-state index in [9.17, 15) is 4.39 Å². The van der Waals surface area contributed by atoms with Gasteiger partial charge >= 0.3 is 0 Å². The fourth-order valence-electron chi connectivity index (χ4n) is 1.80. The van der Waals surface area contributed by atoms with Crippen LogP contribution in [0.25, 0.3) is 0 Å². The van der Waals surface area contributed by atoms with E-state index in [1.807, 2.05) is 30.3 Å². The van der Waals surface area contributed by atoms with Gasteiger partial charge in [-0.15, -0.1) is 0 Å². The molecule has 0 heterocycles. The number of ether oxygens (including phenoxy) is 1. The Morgan fingerprint density at radius 1 is 1.05 bits per heavy atom. The molecular formula is C16H18FNO. The normalized spacial score (nSPS) is 10.2. The molecule has 0 radical (unpaired) electrons. The second-order valence-corrected chi connectivity index (χ2v) is 4.29. The van der Waals surface area contributed by atoms with Crippen LogP contribution in [0.4, 0.5) is 10.1 Å². The zero-order valence-electron chi connectivity index (χ0n) is 11.0. The van der Waals surface area contributed by atoms with Gasteiger partial charge in [-0.1, -0.05) is 37.3 Å². The fraction of sp³-hybridized carbons (Fsp3) is 0.250. The summed E-state index contributed by atoms with van der Waals surface area (Å²) in [4.78, 5) is 0. The lowest BCUT2D eigenvalue weighted by molar-refractivity contribution is 0.314. The highest BCUT2D eigenvalue weighted by atomic mass is 19.1. The van der Waals surface area contributed by atoms with Crippen molar-refractivity contribution in [1.29, 1.82) is 0 Å². The van der Waals surface area contributed by atoms with Gasteiger partial charge in [0.25, 0.3) is 0 Å². The summed E-state index contributed by atoms with van der Waals surface area (Å²) in [5.41, 5.74) is 1.53. The first-order valence-electron chi connectivity index (χ1n) is 6.50. The molecule has 0 saturated heterocycles. The summed E-state index contributed by atoms with van der Waals surface area (Å²) in [5.74, 6) is 0.614. The maximum atomic E-state index is 13.5. The lowest BCUT2D eigenvalue weighted by atomic mass is 10.2. The molecule has 0 fully saturated rings. The highest BCUT2D eigenvalue weighted by Gasteiger charge is 2.04. The molecule has 2 nitrogen and oxygen atoms in total. The van der Waals surface area contributed by atoms with Gasteiger partial charge in [0.05, 0.1) is 12.3 Å². The third-order valence-corrected chi connectivity index (χ3v) is 2.78. The summed E-state index contributed by atoms with van der Waals surface area (Å²) >= 11 is 0. The van der Waals surface area contributed by atoms with E-state index >= 15 is 0 Å². The summed E-state index contributed by atoms with van der Waals surface area (Å²) < 4.78 is 19.2. The molecule has 1 N–H and O–H groups in total. The molecule has 0 aliphatic heterocycles. The van der Waals surface area contributed by atoms with Gasteiger partial charge in [0.15, 0.2) is 0 Å². The molecule has 3 heteroatoms. The first-order chi connectivity index (χ1) is 9.31. The average molecular weight is 259 g/mol. The molecule has 0 unspecified atom stereocenters. The van der Waals surface area contributed by atoms with Gasteiger partial charge < -0.3 is 10.1 Å². The standard InChI is InChI=1S/C16H18FNO/c1-2-11-19-16-10-6-3-7-13(16)12-18-15-9-5-4-8-14(15)17/h3-10,18H,2,11-12H2,1H3. The molecule has 0 aliphatic carbocycles. The van der Waals surface area contributed by atoms with Gasteiger partial charge in [-0.3, -0.25) is 0 Å². The third-order valence-electron chi connectivity index (χ3n) is 2.78. The van der Waals surface area contributed by atoms with Crippen LogP contribution < -0.4 is 10.1 Å². The van der Waals surface area contributed by atoms with E-state index in [1.54, 1.807) is 12.1 Å². The minimum absolute atomic E-state index is 0.241. The SMILES string of the molecule is CCCOc1ccccc1CNc1ccccc1F. The fourth-order valence-corrected chi connectivity index (χ4v) is 1.80. The van der Waals surface area contributed by atoms with Crippen LogP contribution in [0, 0.1) is 5.82 Å². The number of hydrogen-bond donors (Lipinski definition) is 1. The molecule has 0 aliphatic rings. The van der Waals surface area contributed by atoms with Crippen LogP contribution >= 0.6 is 0 Å². The highest BCUT2D eigenvalue weighted by molar-refractivity contribution is 5.46. The van der Waals surface area contributed by atoms with E-state index in [1.165, 1.54) is 6.07 Å². The van der Waals surface area contributed by atoms with Crippen LogP contribution in [0.1, 0.15) is 18.9 Å². The second-order valence-electron chi connectivity index (χ2n) is 4.29. The van der Waals surface area contributed by atoms with Crippen molar-refractivity contribution in [1.82, 2.24) is 0 Å². The predicted octanol–water partition coefficient (Wildman–Crippen LogP) is 4.23. The van der Waals surface area contributed by atoms with E-state index in [2.05, 4.69) is 12.2 Å². The summed E-state index contributed by atoms with van der Waals surface area (Å²) in [5, 5.41) is 3.09. The van der Waals surface area contributed by atoms with Crippen LogP contribution in [0.15, 0.2) is 48.5 Å². The van der Waals surface area contributed by atoms with Gasteiger partial charge in [-0.25, -0.2) is 4.39 Å². The quantitative estimate of drug-likeness (QED) is 0.838. The van der Waals surface area contributed by atoms with Gasteiger partial charge in [-0.05, 0) is 24.6 Å². The van der Waals surface area contributed by atoms with Gasteiger partial charge in [0.1, 0.15) is 11.6 Å². The Hall–Kier alpha value is -2.03. The zero-order chi connectivity index (χ0) is 13.5. The molecule has 2 aromatic carbocycles. The van der Waals surface area contributed by atoms with Crippen LogP contribution in [-0.4, -0.2) is 6.61 Å². The number of rotatable bonds is 6. The first kappa shape index (κ1) is 13.4. The summed E-state index contributed by atoms with van der Waals surface area (Å²) in [7, 11) is 0. The topological polar surface area (TPSA) is 21.3 Å². The smallest absolute Gasteiger partial charge is 0.146 e. The molecule has 100 valence electrons. The molecule has 19 heavy (non-hydrogen) atoms. The Kier molecular flexibility index (Phi) is 4.78. The van der Waals surface area contributed by atoms with Gasteiger partial charge in [0, 0.05) is 12.1 Å². The highest BCUT2D eigenvalue weighted by Crippen LogP contribution is 2.20. The number of anilines is 1. The molecule has 0 atom stereocenters. The Bertz CT molecular complexity index is 528. The van der Waals surface area contributed by atoms with Crippen LogP contribution in [0.3, 0.4) is 0 Å². The first-order valence-corrected chi connectivity index (χ1v) is 6.50. The van der Waals surface area contributed by atoms with Crippen molar-refractivity contribution in [2.75, 3.05) is 11.9 Å². The Labute approximate surface area is 113 Å². The lowest BCUT2D eigenvalue weighted by Gasteiger charge is -2.12. The molecule has 0 aromatic heterocycles. The summed E-state index contributed by atoms with van der Waals surface area (Å²) in [6, 6.07) is 14.5. The largest absolute Gasteiger partial charge is 0.493 e. The van der Waals surface area contributed by atoms with E-state index < -0.39 is 0 Å². The van der Waals surface area contributed by atoms with E-state index in [0.717, 1.165) is 17.7 Å². The Morgan fingerprint density at radius 3 is 2.58 bits per heavy atom. The minimum atomic E-state index is -0.241. The van der Waals surface area contributed by atoms with Crippen molar-refractivity contribution in [3.05, 3.63) is 59.9 Å². The number of nitrogens with one attached hydrogen (secondary N) is 1. The molecule has 0 spiro atoms. The Morgan fingerprint density at radius 2 is 1.79 bits per heavy atom. The van der Waals surface area contributed by atoms with Crippen LogP contribution in [-0.2, 0) is 6.54 Å². The lowest BCUT2D eigenvalue weighted by Crippen LogP contribution is -2.04. The maximum absolute atomic E-state index is 13.5. The van der Waals surface area contributed by atoms with Crippen molar-refractivity contribution in [3.8, 4) is 5.75 Å². The molecule has 0 amide bonds. The van der Waals surface area contributed by atoms with Crippen molar-refractivity contribution >= 4 is 5.69 Å². The number of hydrogen-bond acceptors (Lipinski definition) is 2. The monoisotopic (exact) mass is 259 g/mol. The number of benzene rings is 2. The number of para-hydroxylation sites is 2. The Balaban J connectivity index is 2.05. The molecule has 0 bridgehead atoms. The maximum Gasteiger partial charge on any atom is 0.146 e. The summed E-state index contributed by atoms with van der Waals surface area (Å²) in [6.07, 6.45) is 0.967. The van der Waals surface area contributed by atoms with Crippen LogP contribution in [0.5, 0.6) is 5.75 Å². The minimum Gasteiger partial charge on any atom is -0.493 e. The zero-order valence-corrected chi connectivity index (χ0v) is 11.0. The van der Waals surface area contributed by atoms with Crippen molar-refractivity contribution < 1.29 is 9.13 Å². The van der Waals surface area contributed by atoms with Gasteiger partial charge in [0.2, 0.25) is 0 Å². The molecule has 2 aromatic rings. The van der Waals surface area contributed by atoms with Crippen molar-refractivity contribution in [2.45, 2.75) is 19.9 Å². The van der Waals surface area contributed by atoms with E-state index in [-0.39, 0.29) is 5.82 Å². The average Bonchev–Trinajstić information content (AvgIpc) is 2.45. The van der Waals surface area contributed by atoms with Crippen molar-refractivity contribution in [3.63, 3.8) is 0 Å². The van der Waals surface area contributed by atoms with E-state index in [0.29, 0.717) is 18.8 Å². The second kappa shape index (κ2) is 6.78. The van der Waals surface area contributed by atoms with Crippen molar-refractivity contribution in [2.24, 2.45) is 0 Å². The molecular weight excluding hydrogens is 241 g/mol. The van der Waals surface area contributed by atoms with E-state index in [4.69, 9.17) is 4.74 Å². The summed E-state index contributed by atoms with van der Waals surface area (Å²) in [6.45, 7) is 3.30. The predicted molar refractivity (Wildman–Crippen MR) is 76.0 cm³/mol. The third kappa shape index (κ3) is 3.71. The molecule has 0 saturated carbocycles. The molecule has 2 rings (SSSR count). The van der Waals surface area contributed by atoms with Crippen LogP contribution in [0.2, 0.25) is 0 Å².